The molecule has 0 bridgehead atoms. The van der Waals surface area contributed by atoms with Gasteiger partial charge in [0, 0.05) is 27.1 Å². The number of benzene rings is 1. The van der Waals surface area contributed by atoms with Crippen molar-refractivity contribution < 1.29 is 0 Å². The van der Waals surface area contributed by atoms with Crippen LogP contribution in [0, 0.1) is 0 Å². The van der Waals surface area contributed by atoms with E-state index >= 15 is 0 Å². The first-order valence-electron chi connectivity index (χ1n) is 4.84. The Morgan fingerprint density at radius 2 is 2.14 bits per heavy atom. The molecule has 72 valence electrons. The second-order valence-corrected chi connectivity index (χ2v) is 4.67. The van der Waals surface area contributed by atoms with Crippen molar-refractivity contribution >= 4 is 26.8 Å². The van der Waals surface area contributed by atoms with Crippen LogP contribution in [0.1, 0.15) is 18.2 Å². The lowest BCUT2D eigenvalue weighted by molar-refractivity contribution is 0.377. The standard InChI is InChI=1S/C11H11BrN2/c12-8-1-2-9-7(5-8)6-11(14-9)10-3-4-13-10/h1-2,5-6,10,13-14H,3-4H2. The maximum Gasteiger partial charge on any atom is 0.0485 e. The minimum Gasteiger partial charge on any atom is -0.357 e. The van der Waals surface area contributed by atoms with Crippen molar-refractivity contribution in [2.45, 2.75) is 12.5 Å². The smallest absolute Gasteiger partial charge is 0.0485 e. The van der Waals surface area contributed by atoms with Gasteiger partial charge in [-0.05, 0) is 37.2 Å². The zero-order chi connectivity index (χ0) is 9.54. The Hall–Kier alpha value is -0.800. The van der Waals surface area contributed by atoms with E-state index < -0.39 is 0 Å². The van der Waals surface area contributed by atoms with Crippen LogP contribution in [0.15, 0.2) is 28.7 Å². The van der Waals surface area contributed by atoms with Crippen molar-refractivity contribution in [1.82, 2.24) is 10.3 Å². The van der Waals surface area contributed by atoms with E-state index in [-0.39, 0.29) is 0 Å². The highest BCUT2D eigenvalue weighted by Crippen LogP contribution is 2.27. The van der Waals surface area contributed by atoms with Gasteiger partial charge in [-0.15, -0.1) is 0 Å². The van der Waals surface area contributed by atoms with Crippen molar-refractivity contribution in [3.8, 4) is 0 Å². The van der Waals surface area contributed by atoms with Crippen molar-refractivity contribution in [1.29, 1.82) is 0 Å². The summed E-state index contributed by atoms with van der Waals surface area (Å²) in [5.41, 5.74) is 2.53. The lowest BCUT2D eigenvalue weighted by Crippen LogP contribution is -2.35. The Morgan fingerprint density at radius 1 is 1.29 bits per heavy atom. The molecule has 14 heavy (non-hydrogen) atoms. The number of hydrogen-bond donors (Lipinski definition) is 2. The maximum atomic E-state index is 3.48. The van der Waals surface area contributed by atoms with Gasteiger partial charge in [0.1, 0.15) is 0 Å². The van der Waals surface area contributed by atoms with Gasteiger partial charge in [-0.3, -0.25) is 0 Å². The Balaban J connectivity index is 2.10. The second-order valence-electron chi connectivity index (χ2n) is 3.75. The molecule has 1 aliphatic heterocycles. The van der Waals surface area contributed by atoms with Gasteiger partial charge in [-0.25, -0.2) is 0 Å². The Labute approximate surface area is 90.8 Å². The van der Waals surface area contributed by atoms with E-state index in [0.717, 1.165) is 11.0 Å². The number of halogens is 1. The molecule has 1 aliphatic rings. The number of aromatic amines is 1. The summed E-state index contributed by atoms with van der Waals surface area (Å²) in [6.45, 7) is 1.14. The first kappa shape index (κ1) is 8.50. The molecule has 1 fully saturated rings. The molecule has 2 aromatic rings. The molecule has 2 heterocycles. The van der Waals surface area contributed by atoms with Gasteiger partial charge >= 0.3 is 0 Å². The van der Waals surface area contributed by atoms with Crippen molar-refractivity contribution in [3.05, 3.63) is 34.4 Å². The topological polar surface area (TPSA) is 27.8 Å². The van der Waals surface area contributed by atoms with Crippen LogP contribution in [-0.2, 0) is 0 Å². The van der Waals surface area contributed by atoms with Gasteiger partial charge in [0.15, 0.2) is 0 Å². The third-order valence-corrected chi connectivity index (χ3v) is 3.30. The van der Waals surface area contributed by atoms with E-state index in [9.17, 15) is 0 Å². The molecule has 2 N–H and O–H groups in total. The molecule has 0 radical (unpaired) electrons. The quantitative estimate of drug-likeness (QED) is 0.801. The van der Waals surface area contributed by atoms with Crippen LogP contribution in [0.25, 0.3) is 10.9 Å². The molecule has 0 amide bonds. The molecular weight excluding hydrogens is 240 g/mol. The summed E-state index contributed by atoms with van der Waals surface area (Å²) in [5.74, 6) is 0. The zero-order valence-electron chi connectivity index (χ0n) is 7.68. The van der Waals surface area contributed by atoms with Crippen molar-refractivity contribution in [2.24, 2.45) is 0 Å². The summed E-state index contributed by atoms with van der Waals surface area (Å²) < 4.78 is 1.14. The predicted molar refractivity (Wildman–Crippen MR) is 61.4 cm³/mol. The van der Waals surface area contributed by atoms with E-state index in [4.69, 9.17) is 0 Å². The van der Waals surface area contributed by atoms with Crippen molar-refractivity contribution in [3.63, 3.8) is 0 Å². The minimum absolute atomic E-state index is 0.543. The van der Waals surface area contributed by atoms with Crippen molar-refractivity contribution in [2.75, 3.05) is 6.54 Å². The summed E-state index contributed by atoms with van der Waals surface area (Å²) in [4.78, 5) is 3.44. The van der Waals surface area contributed by atoms with E-state index in [0.29, 0.717) is 6.04 Å². The van der Waals surface area contributed by atoms with Crippen LogP contribution < -0.4 is 5.32 Å². The van der Waals surface area contributed by atoms with E-state index in [1.807, 2.05) is 0 Å². The summed E-state index contributed by atoms with van der Waals surface area (Å²) in [5, 5.41) is 4.67. The number of nitrogens with one attached hydrogen (secondary N) is 2. The lowest BCUT2D eigenvalue weighted by atomic mass is 10.0. The van der Waals surface area contributed by atoms with Gasteiger partial charge < -0.3 is 10.3 Å². The minimum atomic E-state index is 0.543. The van der Waals surface area contributed by atoms with E-state index in [2.05, 4.69) is 50.5 Å². The Kier molecular flexibility index (Phi) is 1.89. The second kappa shape index (κ2) is 3.11. The normalized spacial score (nSPS) is 21.1. The predicted octanol–water partition coefficient (Wildman–Crippen LogP) is 2.96. The van der Waals surface area contributed by atoms with Crippen LogP contribution in [0.4, 0.5) is 0 Å². The SMILES string of the molecule is Brc1ccc2[nH]c(C3CCN3)cc2c1. The molecule has 0 saturated carbocycles. The fraction of sp³-hybridized carbons (Fsp3) is 0.273. The number of hydrogen-bond acceptors (Lipinski definition) is 1. The average molecular weight is 251 g/mol. The monoisotopic (exact) mass is 250 g/mol. The fourth-order valence-corrected chi connectivity index (χ4v) is 2.25. The summed E-state index contributed by atoms with van der Waals surface area (Å²) in [6, 6.07) is 9.10. The molecule has 1 unspecified atom stereocenters. The van der Waals surface area contributed by atoms with Crippen LogP contribution in [0.3, 0.4) is 0 Å². The summed E-state index contributed by atoms with van der Waals surface area (Å²) in [6.07, 6.45) is 1.24. The van der Waals surface area contributed by atoms with Crippen LogP contribution in [-0.4, -0.2) is 11.5 Å². The zero-order valence-corrected chi connectivity index (χ0v) is 9.26. The third kappa shape index (κ3) is 1.28. The van der Waals surface area contributed by atoms with E-state index in [1.54, 1.807) is 0 Å². The van der Waals surface area contributed by atoms with Gasteiger partial charge in [-0.2, -0.15) is 0 Å². The highest BCUT2D eigenvalue weighted by atomic mass is 79.9. The molecule has 2 nitrogen and oxygen atoms in total. The summed E-state index contributed by atoms with van der Waals surface area (Å²) >= 11 is 3.48. The molecule has 1 aromatic heterocycles. The number of aromatic nitrogens is 1. The molecule has 1 atom stereocenters. The molecule has 0 spiro atoms. The highest BCUT2D eigenvalue weighted by molar-refractivity contribution is 9.10. The first-order valence-corrected chi connectivity index (χ1v) is 5.64. The lowest BCUT2D eigenvalue weighted by Gasteiger charge is -2.26. The maximum absolute atomic E-state index is 3.48. The number of rotatable bonds is 1. The number of fused-ring (bicyclic) bond motifs is 1. The van der Waals surface area contributed by atoms with Crippen LogP contribution in [0.5, 0.6) is 0 Å². The molecule has 1 saturated heterocycles. The Bertz CT molecular complexity index is 471. The molecule has 3 rings (SSSR count). The van der Waals surface area contributed by atoms with Gasteiger partial charge in [0.05, 0.1) is 0 Å². The van der Waals surface area contributed by atoms with Gasteiger partial charge in [0.25, 0.3) is 0 Å². The highest BCUT2D eigenvalue weighted by Gasteiger charge is 2.19. The average Bonchev–Trinajstić information content (AvgIpc) is 2.43. The van der Waals surface area contributed by atoms with Gasteiger partial charge in [-0.1, -0.05) is 15.9 Å². The third-order valence-electron chi connectivity index (χ3n) is 2.80. The van der Waals surface area contributed by atoms with Crippen LogP contribution in [0.2, 0.25) is 0 Å². The fourth-order valence-electron chi connectivity index (χ4n) is 1.87. The number of H-pyrrole nitrogens is 1. The molecule has 0 aliphatic carbocycles. The largest absolute Gasteiger partial charge is 0.357 e. The first-order chi connectivity index (χ1) is 6.83. The molecule has 3 heteroatoms. The summed E-state index contributed by atoms with van der Waals surface area (Å²) in [7, 11) is 0. The van der Waals surface area contributed by atoms with Gasteiger partial charge in [0.2, 0.25) is 0 Å². The van der Waals surface area contributed by atoms with Crippen LogP contribution >= 0.6 is 15.9 Å². The molecular formula is C11H11BrN2. The van der Waals surface area contributed by atoms with E-state index in [1.165, 1.54) is 23.0 Å². The molecule has 1 aromatic carbocycles. The Morgan fingerprint density at radius 3 is 2.86 bits per heavy atom.